The molecule has 13 heteroatoms. The van der Waals surface area contributed by atoms with Gasteiger partial charge in [0.1, 0.15) is 0 Å². The Kier molecular flexibility index (Phi) is 12.9. The molecule has 1 saturated carbocycles. The first kappa shape index (κ1) is 39.9. The van der Waals surface area contributed by atoms with Crippen LogP contribution in [0.5, 0.6) is 0 Å². The van der Waals surface area contributed by atoms with Gasteiger partial charge in [-0.2, -0.15) is 0 Å². The van der Waals surface area contributed by atoms with Gasteiger partial charge in [0, 0.05) is 70.8 Å². The van der Waals surface area contributed by atoms with Crippen molar-refractivity contribution in [2.45, 2.75) is 83.3 Å². The quantitative estimate of drug-likeness (QED) is 0.136. The van der Waals surface area contributed by atoms with Gasteiger partial charge in [0.25, 0.3) is 11.8 Å². The molecule has 0 bridgehead atoms. The summed E-state index contributed by atoms with van der Waals surface area (Å²) >= 11 is 0. The van der Waals surface area contributed by atoms with E-state index in [4.69, 9.17) is 4.98 Å². The summed E-state index contributed by atoms with van der Waals surface area (Å²) in [5.41, 5.74) is 4.81. The number of benzene rings is 2. The number of pyridine rings is 1. The predicted octanol–water partition coefficient (Wildman–Crippen LogP) is 6.31. The van der Waals surface area contributed by atoms with E-state index in [-0.39, 0.29) is 55.5 Å². The maximum atomic E-state index is 13.8. The number of piperazine rings is 1. The number of alkyl halides is 2. The van der Waals surface area contributed by atoms with E-state index in [9.17, 15) is 33.1 Å². The normalized spacial score (nSPS) is 19.5. The second kappa shape index (κ2) is 17.8. The van der Waals surface area contributed by atoms with Crippen molar-refractivity contribution < 1.29 is 33.1 Å². The van der Waals surface area contributed by atoms with Crippen molar-refractivity contribution in [2.75, 3.05) is 45.8 Å². The largest absolute Gasteiger partial charge is 0.465 e. The number of nitrogens with zero attached hydrogens (tertiary/aromatic N) is 5. The molecule has 2 atom stereocenters. The van der Waals surface area contributed by atoms with Gasteiger partial charge in [0.15, 0.2) is 0 Å². The van der Waals surface area contributed by atoms with E-state index in [1.807, 2.05) is 50.4 Å². The maximum Gasteiger partial charge on any atom is 0.407 e. The number of rotatable bonds is 15. The summed E-state index contributed by atoms with van der Waals surface area (Å²) in [4.78, 5) is 63.7. The van der Waals surface area contributed by atoms with Crippen LogP contribution in [0.1, 0.15) is 94.1 Å². The zero-order valence-electron chi connectivity index (χ0n) is 31.8. The van der Waals surface area contributed by atoms with Crippen LogP contribution in [0.4, 0.5) is 13.6 Å². The van der Waals surface area contributed by atoms with E-state index in [1.54, 1.807) is 24.3 Å². The Bertz CT molecular complexity index is 1800. The van der Waals surface area contributed by atoms with Gasteiger partial charge in [-0.15, -0.1) is 0 Å². The van der Waals surface area contributed by atoms with Crippen LogP contribution in [0.2, 0.25) is 0 Å². The van der Waals surface area contributed by atoms with E-state index in [1.165, 1.54) is 9.80 Å². The number of hydrogen-bond donors (Lipinski definition) is 2. The molecule has 6 rings (SSSR count). The van der Waals surface area contributed by atoms with Crippen LogP contribution >= 0.6 is 0 Å². The number of carbonyl (C=O) groups is 4. The van der Waals surface area contributed by atoms with E-state index in [0.717, 1.165) is 22.4 Å². The Morgan fingerprint density at radius 1 is 0.964 bits per heavy atom. The van der Waals surface area contributed by atoms with Gasteiger partial charge in [-0.25, -0.2) is 13.6 Å². The van der Waals surface area contributed by atoms with E-state index in [0.29, 0.717) is 82.7 Å². The predicted molar refractivity (Wildman–Crippen MR) is 204 cm³/mol. The van der Waals surface area contributed by atoms with Gasteiger partial charge in [0.2, 0.25) is 11.8 Å². The Hall–Kier alpha value is -4.75. The lowest BCUT2D eigenvalue weighted by atomic mass is 9.86. The Labute approximate surface area is 321 Å². The van der Waals surface area contributed by atoms with E-state index in [2.05, 4.69) is 21.2 Å². The molecule has 2 fully saturated rings. The fourth-order valence-corrected chi connectivity index (χ4v) is 8.14. The second-order valence-corrected chi connectivity index (χ2v) is 15.3. The number of aromatic nitrogens is 1. The highest BCUT2D eigenvalue weighted by Crippen LogP contribution is 2.36. The summed E-state index contributed by atoms with van der Waals surface area (Å²) in [7, 11) is 0. The molecular weight excluding hydrogens is 706 g/mol. The lowest BCUT2D eigenvalue weighted by molar-refractivity contribution is -0.130. The van der Waals surface area contributed by atoms with Crippen molar-refractivity contribution in [3.05, 3.63) is 100 Å². The number of aryl methyl sites for hydroxylation is 2. The molecule has 4 amide bonds. The van der Waals surface area contributed by atoms with Crippen molar-refractivity contribution in [1.29, 1.82) is 0 Å². The number of fused-ring (bicyclic) bond motifs is 1. The van der Waals surface area contributed by atoms with Crippen molar-refractivity contribution in [1.82, 2.24) is 29.9 Å². The zero-order chi connectivity index (χ0) is 39.1. The summed E-state index contributed by atoms with van der Waals surface area (Å²) < 4.78 is 27.6. The van der Waals surface area contributed by atoms with Crippen LogP contribution < -0.4 is 5.32 Å². The highest BCUT2D eigenvalue weighted by Gasteiger charge is 2.38. The number of amides is 4. The minimum Gasteiger partial charge on any atom is -0.465 e. The minimum atomic E-state index is -2.71. The van der Waals surface area contributed by atoms with Gasteiger partial charge >= 0.3 is 6.09 Å². The van der Waals surface area contributed by atoms with Crippen LogP contribution in [0.25, 0.3) is 0 Å². The summed E-state index contributed by atoms with van der Waals surface area (Å²) in [5, 5.41) is 13.4. The second-order valence-electron chi connectivity index (χ2n) is 15.3. The van der Waals surface area contributed by atoms with Crippen molar-refractivity contribution in [3.63, 3.8) is 0 Å². The first-order chi connectivity index (χ1) is 26.4. The molecule has 0 radical (unpaired) electrons. The van der Waals surface area contributed by atoms with Crippen molar-refractivity contribution in [3.8, 4) is 0 Å². The molecule has 1 aromatic heterocycles. The van der Waals surface area contributed by atoms with E-state index < -0.39 is 17.9 Å². The molecule has 1 aliphatic carbocycles. The molecule has 2 aromatic carbocycles. The molecule has 3 heterocycles. The van der Waals surface area contributed by atoms with Crippen LogP contribution in [-0.2, 0) is 11.3 Å². The number of nitrogens with one attached hydrogen (secondary N) is 1. The smallest absolute Gasteiger partial charge is 0.407 e. The molecule has 1 unspecified atom stereocenters. The summed E-state index contributed by atoms with van der Waals surface area (Å²) in [6, 6.07) is 17.9. The molecule has 0 spiro atoms. The van der Waals surface area contributed by atoms with Crippen LogP contribution in [0.15, 0.2) is 66.9 Å². The number of carboxylic acid groups (broad SMARTS) is 1. The topological polar surface area (TPSA) is 126 Å². The molecular formula is C42H52F2N6O5. The van der Waals surface area contributed by atoms with E-state index >= 15 is 0 Å². The zero-order valence-corrected chi connectivity index (χ0v) is 31.8. The monoisotopic (exact) mass is 758 g/mol. The number of unbranched alkanes of at least 4 members (excludes halogenated alkanes) is 1. The van der Waals surface area contributed by atoms with Gasteiger partial charge in [0.05, 0.1) is 28.9 Å². The van der Waals surface area contributed by atoms with Crippen molar-refractivity contribution >= 4 is 23.8 Å². The third-order valence-corrected chi connectivity index (χ3v) is 11.3. The highest BCUT2D eigenvalue weighted by molar-refractivity contribution is 6.21. The average Bonchev–Trinajstić information content (AvgIpc) is 3.41. The third kappa shape index (κ3) is 10.1. The number of hydrogen-bond acceptors (Lipinski definition) is 7. The molecule has 2 aliphatic heterocycles. The summed E-state index contributed by atoms with van der Waals surface area (Å²) in [5.74, 6) is -3.90. The molecule has 3 aromatic rings. The molecule has 3 aliphatic rings. The minimum absolute atomic E-state index is 0.163. The average molecular weight is 759 g/mol. The van der Waals surface area contributed by atoms with Gasteiger partial charge in [-0.1, -0.05) is 48.5 Å². The Morgan fingerprint density at radius 2 is 1.64 bits per heavy atom. The third-order valence-electron chi connectivity index (χ3n) is 11.3. The van der Waals surface area contributed by atoms with Gasteiger partial charge < -0.3 is 15.3 Å². The lowest BCUT2D eigenvalue weighted by Gasteiger charge is -2.42. The lowest BCUT2D eigenvalue weighted by Crippen LogP contribution is -2.58. The highest BCUT2D eigenvalue weighted by atomic mass is 19.3. The first-order valence-electron chi connectivity index (χ1n) is 19.4. The molecule has 2 N–H and O–H groups in total. The van der Waals surface area contributed by atoms with Crippen molar-refractivity contribution in [2.24, 2.45) is 5.92 Å². The number of halogens is 2. The standard InChI is InChI=1S/C42H52F2N6O5/c1-29-24-30(2)37(45-25-29)28-48(19-8-9-20-50-39(52)34-12-6-7-13-35(34)40(50)53)27-33-26-47(22-23-49(33)41(54)55)21-16-36(31-10-4-3-5-11-31)46-38(51)32-14-17-42(43,44)18-15-32/h3-7,10-13,24-25,32-33,36H,8-9,14-23,26-28H2,1-2H3,(H,46,51)(H,54,55)/t33-,36?/m1/s1. The fourth-order valence-electron chi connectivity index (χ4n) is 8.14. The molecule has 294 valence electrons. The molecule has 55 heavy (non-hydrogen) atoms. The van der Waals surface area contributed by atoms with Crippen LogP contribution in [-0.4, -0.2) is 111 Å². The SMILES string of the molecule is Cc1cnc(CN(CCCCN2C(=O)c3ccccc3C2=O)C[C@H]2CN(CCC(NC(=O)C3CCC(F)(F)CC3)c3ccccc3)CCN2C(=O)O)c(C)c1. The Balaban J connectivity index is 1.11. The number of imide groups is 1. The fraction of sp³-hybridized carbons (Fsp3) is 0.500. The van der Waals surface area contributed by atoms with Crippen LogP contribution in [0.3, 0.4) is 0 Å². The summed E-state index contributed by atoms with van der Waals surface area (Å²) in [6.07, 6.45) is 2.47. The number of carbonyl (C=O) groups excluding carboxylic acids is 3. The first-order valence-corrected chi connectivity index (χ1v) is 19.4. The van der Waals surface area contributed by atoms with Gasteiger partial charge in [-0.05, 0) is 81.3 Å². The maximum absolute atomic E-state index is 13.8. The Morgan fingerprint density at radius 3 is 2.29 bits per heavy atom. The van der Waals surface area contributed by atoms with Gasteiger partial charge in [-0.3, -0.25) is 34.1 Å². The molecule has 1 saturated heterocycles. The summed E-state index contributed by atoms with van der Waals surface area (Å²) in [6.45, 7) is 7.85. The van der Waals surface area contributed by atoms with Crippen LogP contribution in [0, 0.1) is 19.8 Å². The molecule has 11 nitrogen and oxygen atoms in total.